The van der Waals surface area contributed by atoms with Gasteiger partial charge in [-0.25, -0.2) is 9.50 Å². The van der Waals surface area contributed by atoms with Crippen LogP contribution in [0.5, 0.6) is 11.5 Å². The lowest BCUT2D eigenvalue weighted by Crippen LogP contribution is -2.15. The van der Waals surface area contributed by atoms with Crippen molar-refractivity contribution in [2.75, 3.05) is 18.5 Å². The topological polar surface area (TPSA) is 95.6 Å². The van der Waals surface area contributed by atoms with Crippen LogP contribution in [-0.2, 0) is 12.7 Å². The van der Waals surface area contributed by atoms with Gasteiger partial charge in [0.15, 0.2) is 28.5 Å². The van der Waals surface area contributed by atoms with Crippen LogP contribution in [0, 0.1) is 0 Å². The van der Waals surface area contributed by atoms with Crippen molar-refractivity contribution in [1.82, 2.24) is 24.4 Å². The quantitative estimate of drug-likeness (QED) is 0.191. The van der Waals surface area contributed by atoms with E-state index in [4.69, 9.17) is 9.47 Å². The highest BCUT2D eigenvalue weighted by Gasteiger charge is 2.35. The summed E-state index contributed by atoms with van der Waals surface area (Å²) in [4.78, 5) is 17.4. The molecule has 5 rings (SSSR count). The van der Waals surface area contributed by atoms with Gasteiger partial charge in [-0.3, -0.25) is 9.48 Å². The number of rotatable bonds is 10. The summed E-state index contributed by atoms with van der Waals surface area (Å²) >= 11 is 0. The van der Waals surface area contributed by atoms with E-state index in [2.05, 4.69) is 20.5 Å². The number of ether oxygens (including phenoxy) is 2. The van der Waals surface area contributed by atoms with Crippen LogP contribution in [-0.4, -0.2) is 43.5 Å². The number of fused-ring (bicyclic) bond motifs is 1. The zero-order chi connectivity index (χ0) is 30.7. The molecule has 0 fully saturated rings. The number of aromatic nitrogens is 5. The fourth-order valence-electron chi connectivity index (χ4n) is 4.56. The fraction of sp³-hybridized carbons (Fsp3) is 0.290. The second-order valence-electron chi connectivity index (χ2n) is 10.1. The molecular formula is C31H31F3N6O3. The zero-order valence-electron chi connectivity index (χ0n) is 24.1. The lowest BCUT2D eigenvalue weighted by Gasteiger charge is -2.12. The number of halogens is 3. The van der Waals surface area contributed by atoms with E-state index in [9.17, 15) is 18.0 Å². The maximum atomic E-state index is 14.0. The molecule has 9 nitrogen and oxygen atoms in total. The summed E-state index contributed by atoms with van der Waals surface area (Å²) in [5, 5.41) is 10.9. The molecular weight excluding hydrogens is 561 g/mol. The lowest BCUT2D eigenvalue weighted by molar-refractivity contribution is -0.142. The lowest BCUT2D eigenvalue weighted by atomic mass is 10.0. The Balaban J connectivity index is 1.37. The van der Waals surface area contributed by atoms with Crippen molar-refractivity contribution in [2.24, 2.45) is 0 Å². The van der Waals surface area contributed by atoms with Crippen molar-refractivity contribution in [1.29, 1.82) is 0 Å². The standard InChI is InChI=1S/C31H31F3N6O3/c1-5-42-26-12-7-20(13-27(26)43-6-2)17-39-18-23(16-35-39)36-30(41)25-15-29-37-24(14-28(31(32,33)34)40(29)38-25)22-10-8-21(9-11-22)19(3)4/h7-16,18-19H,5-6,17H2,1-4H3,(H,36,41). The number of carbonyl (C=O) groups excluding carboxylic acids is 1. The minimum atomic E-state index is -4.72. The van der Waals surface area contributed by atoms with Crippen LogP contribution in [0.4, 0.5) is 18.9 Å². The number of hydrogen-bond donors (Lipinski definition) is 1. The van der Waals surface area contributed by atoms with E-state index in [-0.39, 0.29) is 23.0 Å². The largest absolute Gasteiger partial charge is 0.490 e. The number of amides is 1. The Morgan fingerprint density at radius 2 is 1.70 bits per heavy atom. The normalized spacial score (nSPS) is 11.7. The van der Waals surface area contributed by atoms with Crippen LogP contribution in [0.15, 0.2) is 67.0 Å². The van der Waals surface area contributed by atoms with Gasteiger partial charge in [0.1, 0.15) is 0 Å². The van der Waals surface area contributed by atoms with Crippen molar-refractivity contribution < 1.29 is 27.4 Å². The average molecular weight is 593 g/mol. The highest BCUT2D eigenvalue weighted by atomic mass is 19.4. The molecule has 224 valence electrons. The number of nitrogens with zero attached hydrogens (tertiary/aromatic N) is 5. The molecule has 0 aliphatic rings. The highest BCUT2D eigenvalue weighted by Crippen LogP contribution is 2.33. The van der Waals surface area contributed by atoms with E-state index >= 15 is 0 Å². The van der Waals surface area contributed by atoms with Crippen LogP contribution in [0.2, 0.25) is 0 Å². The molecule has 3 heterocycles. The molecule has 0 unspecified atom stereocenters. The predicted molar refractivity (Wildman–Crippen MR) is 156 cm³/mol. The Labute approximate surface area is 246 Å². The van der Waals surface area contributed by atoms with Gasteiger partial charge in [-0.05, 0) is 49.1 Å². The molecule has 5 aromatic rings. The summed E-state index contributed by atoms with van der Waals surface area (Å²) in [5.74, 6) is 0.852. The molecule has 0 aliphatic heterocycles. The van der Waals surface area contributed by atoms with Crippen molar-refractivity contribution in [3.05, 3.63) is 89.5 Å². The van der Waals surface area contributed by atoms with E-state index in [1.54, 1.807) is 23.0 Å². The van der Waals surface area contributed by atoms with Crippen LogP contribution in [0.1, 0.15) is 60.9 Å². The zero-order valence-corrected chi connectivity index (χ0v) is 24.1. The van der Waals surface area contributed by atoms with Crippen LogP contribution < -0.4 is 14.8 Å². The summed E-state index contributed by atoms with van der Waals surface area (Å²) < 4.78 is 55.7. The SMILES string of the molecule is CCOc1ccc(Cn2cc(NC(=O)c3cc4nc(-c5ccc(C(C)C)cc5)cc(C(F)(F)F)n4n3)cn2)cc1OCC. The molecule has 2 aromatic carbocycles. The average Bonchev–Trinajstić information content (AvgIpc) is 3.60. The number of benzene rings is 2. The second-order valence-corrected chi connectivity index (χ2v) is 10.1. The summed E-state index contributed by atoms with van der Waals surface area (Å²) in [6.45, 7) is 9.22. The molecule has 43 heavy (non-hydrogen) atoms. The first kappa shape index (κ1) is 29.6. The van der Waals surface area contributed by atoms with E-state index < -0.39 is 17.8 Å². The van der Waals surface area contributed by atoms with Gasteiger partial charge in [0.05, 0.1) is 37.3 Å². The summed E-state index contributed by atoms with van der Waals surface area (Å²) in [6, 6.07) is 15.0. The van der Waals surface area contributed by atoms with Crippen LogP contribution in [0.3, 0.4) is 0 Å². The van der Waals surface area contributed by atoms with Gasteiger partial charge in [0.2, 0.25) is 0 Å². The number of anilines is 1. The monoisotopic (exact) mass is 592 g/mol. The third kappa shape index (κ3) is 6.63. The number of hydrogen-bond acceptors (Lipinski definition) is 6. The summed E-state index contributed by atoms with van der Waals surface area (Å²) in [5.41, 5.74) is 1.62. The molecule has 0 bridgehead atoms. The second kappa shape index (κ2) is 12.2. The van der Waals surface area contributed by atoms with Crippen LogP contribution >= 0.6 is 0 Å². The summed E-state index contributed by atoms with van der Waals surface area (Å²) in [7, 11) is 0. The molecule has 0 saturated carbocycles. The van der Waals surface area contributed by atoms with Gasteiger partial charge in [-0.1, -0.05) is 44.2 Å². The third-order valence-corrected chi connectivity index (χ3v) is 6.67. The van der Waals surface area contributed by atoms with E-state index in [1.807, 2.05) is 58.0 Å². The Morgan fingerprint density at radius 3 is 2.37 bits per heavy atom. The molecule has 12 heteroatoms. The maximum Gasteiger partial charge on any atom is 0.433 e. The first-order valence-electron chi connectivity index (χ1n) is 13.9. The Bertz CT molecular complexity index is 1740. The smallest absolute Gasteiger partial charge is 0.433 e. The molecule has 0 aliphatic carbocycles. The van der Waals surface area contributed by atoms with Gasteiger partial charge in [0, 0.05) is 17.8 Å². The first-order chi connectivity index (χ1) is 20.5. The number of nitrogens with one attached hydrogen (secondary N) is 1. The minimum absolute atomic E-state index is 0.0980. The Kier molecular flexibility index (Phi) is 8.38. The van der Waals surface area contributed by atoms with E-state index in [0.717, 1.165) is 17.2 Å². The maximum absolute atomic E-state index is 14.0. The van der Waals surface area contributed by atoms with E-state index in [1.165, 1.54) is 12.3 Å². The molecule has 0 atom stereocenters. The van der Waals surface area contributed by atoms with Crippen molar-refractivity contribution in [2.45, 2.75) is 46.3 Å². The first-order valence-corrected chi connectivity index (χ1v) is 13.9. The van der Waals surface area contributed by atoms with Gasteiger partial charge < -0.3 is 14.8 Å². The Hall–Kier alpha value is -4.87. The van der Waals surface area contributed by atoms with Gasteiger partial charge >= 0.3 is 6.18 Å². The molecule has 0 spiro atoms. The molecule has 1 amide bonds. The van der Waals surface area contributed by atoms with Gasteiger partial charge in [-0.15, -0.1) is 0 Å². The molecule has 0 radical (unpaired) electrons. The molecule has 3 aromatic heterocycles. The van der Waals surface area contributed by atoms with Gasteiger partial charge in [-0.2, -0.15) is 23.4 Å². The molecule has 1 N–H and O–H groups in total. The van der Waals surface area contributed by atoms with E-state index in [0.29, 0.717) is 47.0 Å². The highest BCUT2D eigenvalue weighted by molar-refractivity contribution is 6.03. The van der Waals surface area contributed by atoms with Crippen molar-refractivity contribution in [3.8, 4) is 22.8 Å². The fourth-order valence-corrected chi connectivity index (χ4v) is 4.56. The number of alkyl halides is 3. The Morgan fingerprint density at radius 1 is 0.977 bits per heavy atom. The summed E-state index contributed by atoms with van der Waals surface area (Å²) in [6.07, 6.45) is -1.66. The van der Waals surface area contributed by atoms with Crippen molar-refractivity contribution >= 4 is 17.2 Å². The minimum Gasteiger partial charge on any atom is -0.490 e. The molecule has 0 saturated heterocycles. The predicted octanol–water partition coefficient (Wildman–Crippen LogP) is 6.83. The van der Waals surface area contributed by atoms with Crippen LogP contribution in [0.25, 0.3) is 16.9 Å². The third-order valence-electron chi connectivity index (χ3n) is 6.67. The van der Waals surface area contributed by atoms with Crippen molar-refractivity contribution in [3.63, 3.8) is 0 Å². The van der Waals surface area contributed by atoms with Gasteiger partial charge in [0.25, 0.3) is 5.91 Å². The number of carbonyl (C=O) groups is 1.